The van der Waals surface area contributed by atoms with Crippen LogP contribution in [0, 0.1) is 5.82 Å². The minimum atomic E-state index is -0.759. The van der Waals surface area contributed by atoms with Crippen LogP contribution in [0.15, 0.2) is 18.2 Å². The lowest BCUT2D eigenvalue weighted by atomic mass is 10.2. The van der Waals surface area contributed by atoms with Crippen LogP contribution in [0.25, 0.3) is 0 Å². The van der Waals surface area contributed by atoms with Gasteiger partial charge in [-0.05, 0) is 18.2 Å². The lowest BCUT2D eigenvalue weighted by Crippen LogP contribution is -2.08. The van der Waals surface area contributed by atoms with Gasteiger partial charge in [0.2, 0.25) is 0 Å². The zero-order chi connectivity index (χ0) is 10.6. The average Bonchev–Trinajstić information content (AvgIpc) is 2.14. The molecule has 0 aliphatic rings. The second-order valence-corrected chi connectivity index (χ2v) is 2.86. The second-order valence-electron chi connectivity index (χ2n) is 2.45. The van der Waals surface area contributed by atoms with E-state index in [1.54, 1.807) is 0 Å². The Morgan fingerprint density at radius 1 is 1.50 bits per heavy atom. The number of rotatable bonds is 3. The molecule has 0 saturated heterocycles. The number of hydrogen-bond donors (Lipinski definition) is 0. The van der Waals surface area contributed by atoms with E-state index in [-0.39, 0.29) is 17.2 Å². The molecular weight excluding hydrogens is 214 g/mol. The van der Waals surface area contributed by atoms with Gasteiger partial charge in [-0.2, -0.15) is 0 Å². The molecule has 1 aromatic carbocycles. The Kier molecular flexibility index (Phi) is 3.83. The first-order valence-electron chi connectivity index (χ1n) is 3.83. The summed E-state index contributed by atoms with van der Waals surface area (Å²) >= 11 is 5.57. The van der Waals surface area contributed by atoms with Crippen molar-refractivity contribution in [3.63, 3.8) is 0 Å². The largest absolute Gasteiger partial charge is 0.459 e. The van der Waals surface area contributed by atoms with Gasteiger partial charge >= 0.3 is 5.97 Å². The minimum Gasteiger partial charge on any atom is -0.459 e. The number of hydrogen-bond acceptors (Lipinski definition) is 2. The molecule has 0 atom stereocenters. The lowest BCUT2D eigenvalue weighted by Gasteiger charge is -2.03. The molecule has 1 aromatic rings. The summed E-state index contributed by atoms with van der Waals surface area (Å²) in [5.41, 5.74) is 0.0292. The van der Waals surface area contributed by atoms with Crippen LogP contribution in [-0.4, -0.2) is 19.3 Å². The molecule has 0 spiro atoms. The van der Waals surface area contributed by atoms with Crippen LogP contribution < -0.4 is 0 Å². The zero-order valence-electron chi connectivity index (χ0n) is 7.10. The van der Waals surface area contributed by atoms with E-state index in [2.05, 4.69) is 4.74 Å². The number of alkyl halides is 1. The average molecular weight is 221 g/mol. The molecule has 1 rings (SSSR count). The van der Waals surface area contributed by atoms with Crippen LogP contribution in [0.2, 0.25) is 5.02 Å². The molecule has 0 unspecified atom stereocenters. The SMILES string of the molecule is O=C(OCCF)c1ccc(F)cc1Cl. The molecule has 0 amide bonds. The van der Waals surface area contributed by atoms with Crippen LogP contribution >= 0.6 is 11.6 Å². The maximum atomic E-state index is 12.6. The van der Waals surface area contributed by atoms with E-state index in [0.717, 1.165) is 12.1 Å². The molecule has 0 heterocycles. The van der Waals surface area contributed by atoms with Gasteiger partial charge in [-0.25, -0.2) is 13.6 Å². The van der Waals surface area contributed by atoms with Crippen molar-refractivity contribution in [1.29, 1.82) is 0 Å². The Balaban J connectivity index is 2.80. The molecule has 0 aliphatic heterocycles. The highest BCUT2D eigenvalue weighted by Gasteiger charge is 2.11. The fourth-order valence-corrected chi connectivity index (χ4v) is 1.11. The summed E-state index contributed by atoms with van der Waals surface area (Å²) in [6.45, 7) is -1.09. The molecule has 0 aromatic heterocycles. The van der Waals surface area contributed by atoms with E-state index in [4.69, 9.17) is 11.6 Å². The van der Waals surface area contributed by atoms with Gasteiger partial charge in [0.25, 0.3) is 0 Å². The van der Waals surface area contributed by atoms with Gasteiger partial charge in [0.15, 0.2) is 0 Å². The van der Waals surface area contributed by atoms with Gasteiger partial charge in [-0.3, -0.25) is 0 Å². The molecule has 2 nitrogen and oxygen atoms in total. The fourth-order valence-electron chi connectivity index (χ4n) is 0.864. The summed E-state index contributed by atoms with van der Waals surface area (Å²) < 4.78 is 28.7. The molecular formula is C9H7ClF2O2. The summed E-state index contributed by atoms with van der Waals surface area (Å²) in [6.07, 6.45) is 0. The van der Waals surface area contributed by atoms with Crippen LogP contribution in [0.5, 0.6) is 0 Å². The van der Waals surface area contributed by atoms with Crippen molar-refractivity contribution in [2.24, 2.45) is 0 Å². The molecule has 0 saturated carbocycles. The highest BCUT2D eigenvalue weighted by molar-refractivity contribution is 6.33. The van der Waals surface area contributed by atoms with E-state index in [1.807, 2.05) is 0 Å². The monoisotopic (exact) mass is 220 g/mol. The Morgan fingerprint density at radius 2 is 2.21 bits per heavy atom. The normalized spacial score (nSPS) is 9.93. The van der Waals surface area contributed by atoms with Crippen LogP contribution in [0.1, 0.15) is 10.4 Å². The van der Waals surface area contributed by atoms with Crippen LogP contribution in [0.3, 0.4) is 0 Å². The Hall–Kier alpha value is -1.16. The van der Waals surface area contributed by atoms with Gasteiger partial charge in [-0.1, -0.05) is 11.6 Å². The molecule has 5 heteroatoms. The van der Waals surface area contributed by atoms with Crippen molar-refractivity contribution in [2.45, 2.75) is 0 Å². The molecule has 14 heavy (non-hydrogen) atoms. The van der Waals surface area contributed by atoms with Gasteiger partial charge in [0.1, 0.15) is 19.1 Å². The molecule has 0 N–H and O–H groups in total. The highest BCUT2D eigenvalue weighted by atomic mass is 35.5. The summed E-state index contributed by atoms with van der Waals surface area (Å²) in [5.74, 6) is -1.30. The van der Waals surface area contributed by atoms with E-state index in [0.29, 0.717) is 0 Å². The van der Waals surface area contributed by atoms with E-state index in [9.17, 15) is 13.6 Å². The second kappa shape index (κ2) is 4.91. The Bertz CT molecular complexity index is 342. The van der Waals surface area contributed by atoms with Gasteiger partial charge in [-0.15, -0.1) is 0 Å². The Morgan fingerprint density at radius 3 is 2.79 bits per heavy atom. The predicted molar refractivity (Wildman–Crippen MR) is 47.7 cm³/mol. The quantitative estimate of drug-likeness (QED) is 0.732. The van der Waals surface area contributed by atoms with Gasteiger partial charge < -0.3 is 4.74 Å². The van der Waals surface area contributed by atoms with Gasteiger partial charge in [0, 0.05) is 0 Å². The number of halogens is 3. The number of ether oxygens (including phenoxy) is 1. The van der Waals surface area contributed by atoms with Crippen LogP contribution in [-0.2, 0) is 4.74 Å². The first-order valence-corrected chi connectivity index (χ1v) is 4.21. The van der Waals surface area contributed by atoms with Crippen molar-refractivity contribution >= 4 is 17.6 Å². The summed E-state index contributed by atoms with van der Waals surface area (Å²) in [4.78, 5) is 11.1. The molecule has 0 radical (unpaired) electrons. The molecule has 0 bridgehead atoms. The molecule has 76 valence electrons. The number of carbonyl (C=O) groups excluding carboxylic acids is 1. The third-order valence-electron chi connectivity index (χ3n) is 1.46. The summed E-state index contributed by atoms with van der Waals surface area (Å²) in [6, 6.07) is 3.27. The maximum Gasteiger partial charge on any atom is 0.339 e. The topological polar surface area (TPSA) is 26.3 Å². The number of carbonyl (C=O) groups is 1. The van der Waals surface area contributed by atoms with E-state index >= 15 is 0 Å². The predicted octanol–water partition coefficient (Wildman–Crippen LogP) is 2.61. The van der Waals surface area contributed by atoms with Gasteiger partial charge in [0.05, 0.1) is 10.6 Å². The third-order valence-corrected chi connectivity index (χ3v) is 1.77. The van der Waals surface area contributed by atoms with Crippen LogP contribution in [0.4, 0.5) is 8.78 Å². The third kappa shape index (κ3) is 2.67. The van der Waals surface area contributed by atoms with E-state index in [1.165, 1.54) is 6.07 Å². The summed E-state index contributed by atoms with van der Waals surface area (Å²) in [5, 5.41) is -0.0474. The first-order chi connectivity index (χ1) is 6.65. The maximum absolute atomic E-state index is 12.6. The van der Waals surface area contributed by atoms with Crippen molar-refractivity contribution in [1.82, 2.24) is 0 Å². The summed E-state index contributed by atoms with van der Waals surface area (Å²) in [7, 11) is 0. The Labute approximate surface area is 84.4 Å². The molecule has 0 aliphatic carbocycles. The molecule has 0 fully saturated rings. The zero-order valence-corrected chi connectivity index (χ0v) is 7.85. The van der Waals surface area contributed by atoms with Crippen molar-refractivity contribution < 1.29 is 18.3 Å². The smallest absolute Gasteiger partial charge is 0.339 e. The van der Waals surface area contributed by atoms with Crippen molar-refractivity contribution in [3.05, 3.63) is 34.6 Å². The lowest BCUT2D eigenvalue weighted by molar-refractivity contribution is 0.0481. The fraction of sp³-hybridized carbons (Fsp3) is 0.222. The standard InChI is InChI=1S/C9H7ClF2O2/c10-8-5-6(12)1-2-7(8)9(13)14-4-3-11/h1-2,5H,3-4H2. The first kappa shape index (κ1) is 10.9. The number of esters is 1. The van der Waals surface area contributed by atoms with Crippen molar-refractivity contribution in [3.8, 4) is 0 Å². The van der Waals surface area contributed by atoms with Crippen molar-refractivity contribution in [2.75, 3.05) is 13.3 Å². The number of benzene rings is 1. The highest BCUT2D eigenvalue weighted by Crippen LogP contribution is 2.17. The minimum absolute atomic E-state index is 0.0292. The van der Waals surface area contributed by atoms with E-state index < -0.39 is 18.5 Å².